The summed E-state index contributed by atoms with van der Waals surface area (Å²) in [5.41, 5.74) is 4.12. The van der Waals surface area contributed by atoms with Gasteiger partial charge in [-0.2, -0.15) is 0 Å². The Morgan fingerprint density at radius 3 is 2.68 bits per heavy atom. The Bertz CT molecular complexity index is 564. The van der Waals surface area contributed by atoms with E-state index in [-0.39, 0.29) is 5.82 Å². The van der Waals surface area contributed by atoms with E-state index in [4.69, 9.17) is 0 Å². The molecule has 0 unspecified atom stereocenters. The van der Waals surface area contributed by atoms with E-state index in [1.807, 2.05) is 19.3 Å². The molecule has 0 radical (unpaired) electrons. The predicted octanol–water partition coefficient (Wildman–Crippen LogP) is 3.69. The maximum absolute atomic E-state index is 13.1. The second kappa shape index (κ2) is 5.93. The lowest BCUT2D eigenvalue weighted by molar-refractivity contribution is 0.588. The fourth-order valence-corrected chi connectivity index (χ4v) is 2.00. The summed E-state index contributed by atoms with van der Waals surface area (Å²) in [6, 6.07) is 7.39. The highest BCUT2D eigenvalue weighted by molar-refractivity contribution is 5.66. The number of pyridine rings is 1. The lowest BCUT2D eigenvalue weighted by atomic mass is 10.0. The molecule has 0 bridgehead atoms. The van der Waals surface area contributed by atoms with E-state index in [1.54, 1.807) is 12.1 Å². The number of rotatable bonds is 4. The second-order valence-corrected chi connectivity index (χ2v) is 5.08. The van der Waals surface area contributed by atoms with Crippen LogP contribution in [0.25, 0.3) is 11.1 Å². The molecule has 1 heterocycles. The summed E-state index contributed by atoms with van der Waals surface area (Å²) in [5, 5.41) is 3.36. The molecule has 1 aromatic heterocycles. The van der Waals surface area contributed by atoms with Gasteiger partial charge in [-0.05, 0) is 41.8 Å². The summed E-state index contributed by atoms with van der Waals surface area (Å²) in [5.74, 6) is -0.202. The van der Waals surface area contributed by atoms with Gasteiger partial charge in [-0.15, -0.1) is 0 Å². The molecule has 1 N–H and O–H groups in total. The molecule has 0 fully saturated rings. The summed E-state index contributed by atoms with van der Waals surface area (Å²) in [6.07, 6.45) is 3.68. The minimum atomic E-state index is -0.202. The monoisotopic (exact) mass is 258 g/mol. The maximum atomic E-state index is 13.1. The average molecular weight is 258 g/mol. The first kappa shape index (κ1) is 13.7. The van der Waals surface area contributed by atoms with Gasteiger partial charge in [-0.25, -0.2) is 4.39 Å². The molecule has 0 aliphatic heterocycles. The van der Waals surface area contributed by atoms with Gasteiger partial charge < -0.3 is 5.32 Å². The Morgan fingerprint density at radius 1 is 1.21 bits per heavy atom. The van der Waals surface area contributed by atoms with E-state index in [0.29, 0.717) is 6.04 Å². The highest BCUT2D eigenvalue weighted by Gasteiger charge is 2.05. The molecule has 0 atom stereocenters. The van der Waals surface area contributed by atoms with E-state index in [9.17, 15) is 4.39 Å². The van der Waals surface area contributed by atoms with Crippen molar-refractivity contribution < 1.29 is 4.39 Å². The summed E-state index contributed by atoms with van der Waals surface area (Å²) < 4.78 is 13.1. The van der Waals surface area contributed by atoms with Crippen LogP contribution >= 0.6 is 0 Å². The predicted molar refractivity (Wildman–Crippen MR) is 76.3 cm³/mol. The van der Waals surface area contributed by atoms with E-state index in [2.05, 4.69) is 30.2 Å². The molecule has 19 heavy (non-hydrogen) atoms. The molecule has 0 saturated carbocycles. The molecule has 0 aliphatic rings. The molecule has 3 heteroatoms. The van der Waals surface area contributed by atoms with Crippen LogP contribution in [0.15, 0.2) is 36.7 Å². The molecule has 100 valence electrons. The lowest BCUT2D eigenvalue weighted by Gasteiger charge is -2.10. The SMILES string of the molecule is Cc1cc(F)ccc1-c1cncc(CNC(C)C)c1. The zero-order valence-electron chi connectivity index (χ0n) is 11.6. The standard InChI is InChI=1S/C16H19FN2/c1-11(2)19-9-13-7-14(10-18-8-13)16-5-4-15(17)6-12(16)3/h4-8,10-11,19H,9H2,1-3H3. The van der Waals surface area contributed by atoms with Gasteiger partial charge in [-0.1, -0.05) is 19.9 Å². The van der Waals surface area contributed by atoms with Crippen molar-refractivity contribution >= 4 is 0 Å². The van der Waals surface area contributed by atoms with Crippen molar-refractivity contribution in [2.75, 3.05) is 0 Å². The van der Waals surface area contributed by atoms with Crippen molar-refractivity contribution in [2.45, 2.75) is 33.4 Å². The highest BCUT2D eigenvalue weighted by atomic mass is 19.1. The second-order valence-electron chi connectivity index (χ2n) is 5.08. The fourth-order valence-electron chi connectivity index (χ4n) is 2.00. The number of hydrogen-bond donors (Lipinski definition) is 1. The topological polar surface area (TPSA) is 24.9 Å². The first-order valence-electron chi connectivity index (χ1n) is 6.50. The Balaban J connectivity index is 2.27. The van der Waals surface area contributed by atoms with E-state index < -0.39 is 0 Å². The van der Waals surface area contributed by atoms with Crippen LogP contribution in [0, 0.1) is 12.7 Å². The van der Waals surface area contributed by atoms with Crippen LogP contribution in [-0.4, -0.2) is 11.0 Å². The van der Waals surface area contributed by atoms with Crippen LogP contribution in [0.3, 0.4) is 0 Å². The molecule has 2 rings (SSSR count). The zero-order chi connectivity index (χ0) is 13.8. The van der Waals surface area contributed by atoms with Gasteiger partial charge in [0, 0.05) is 30.5 Å². The van der Waals surface area contributed by atoms with Crippen LogP contribution in [0.1, 0.15) is 25.0 Å². The van der Waals surface area contributed by atoms with Gasteiger partial charge in [0.2, 0.25) is 0 Å². The summed E-state index contributed by atoms with van der Waals surface area (Å²) >= 11 is 0. The Hall–Kier alpha value is -1.74. The molecule has 0 saturated heterocycles. The molecule has 0 spiro atoms. The summed E-state index contributed by atoms with van der Waals surface area (Å²) in [6.45, 7) is 6.93. The Kier molecular flexibility index (Phi) is 4.27. The van der Waals surface area contributed by atoms with Gasteiger partial charge in [0.05, 0.1) is 0 Å². The third-order valence-corrected chi connectivity index (χ3v) is 3.01. The van der Waals surface area contributed by atoms with Crippen LogP contribution in [0.5, 0.6) is 0 Å². The average Bonchev–Trinajstić information content (AvgIpc) is 2.36. The minimum Gasteiger partial charge on any atom is -0.310 e. The third-order valence-electron chi connectivity index (χ3n) is 3.01. The van der Waals surface area contributed by atoms with Crippen LogP contribution in [0.2, 0.25) is 0 Å². The number of hydrogen-bond acceptors (Lipinski definition) is 2. The number of aromatic nitrogens is 1. The van der Waals surface area contributed by atoms with Crippen LogP contribution < -0.4 is 5.32 Å². The Morgan fingerprint density at radius 2 is 2.00 bits per heavy atom. The van der Waals surface area contributed by atoms with Crippen molar-refractivity contribution in [3.63, 3.8) is 0 Å². The number of aryl methyl sites for hydroxylation is 1. The van der Waals surface area contributed by atoms with Gasteiger partial charge >= 0.3 is 0 Å². The molecule has 2 aromatic rings. The van der Waals surface area contributed by atoms with Crippen LogP contribution in [0.4, 0.5) is 4.39 Å². The molecule has 0 aliphatic carbocycles. The minimum absolute atomic E-state index is 0.202. The summed E-state index contributed by atoms with van der Waals surface area (Å²) in [7, 11) is 0. The van der Waals surface area contributed by atoms with Crippen molar-refractivity contribution in [1.29, 1.82) is 0 Å². The third kappa shape index (κ3) is 3.61. The van der Waals surface area contributed by atoms with Gasteiger partial charge in [0.1, 0.15) is 5.82 Å². The first-order valence-corrected chi connectivity index (χ1v) is 6.50. The highest BCUT2D eigenvalue weighted by Crippen LogP contribution is 2.24. The number of halogens is 1. The fraction of sp³-hybridized carbons (Fsp3) is 0.312. The van der Waals surface area contributed by atoms with Crippen molar-refractivity contribution in [3.8, 4) is 11.1 Å². The molecular formula is C16H19FN2. The van der Waals surface area contributed by atoms with E-state index in [1.165, 1.54) is 6.07 Å². The van der Waals surface area contributed by atoms with E-state index in [0.717, 1.165) is 28.8 Å². The largest absolute Gasteiger partial charge is 0.310 e. The molecule has 1 aromatic carbocycles. The lowest BCUT2D eigenvalue weighted by Crippen LogP contribution is -2.21. The van der Waals surface area contributed by atoms with Crippen molar-refractivity contribution in [2.24, 2.45) is 0 Å². The maximum Gasteiger partial charge on any atom is 0.123 e. The van der Waals surface area contributed by atoms with E-state index >= 15 is 0 Å². The molecular weight excluding hydrogens is 239 g/mol. The van der Waals surface area contributed by atoms with Gasteiger partial charge in [-0.3, -0.25) is 4.98 Å². The Labute approximate surface area is 113 Å². The molecule has 0 amide bonds. The zero-order valence-corrected chi connectivity index (χ0v) is 11.6. The molecule has 2 nitrogen and oxygen atoms in total. The number of nitrogens with one attached hydrogen (secondary N) is 1. The van der Waals surface area contributed by atoms with Gasteiger partial charge in [0.25, 0.3) is 0 Å². The van der Waals surface area contributed by atoms with Crippen molar-refractivity contribution in [3.05, 3.63) is 53.6 Å². The van der Waals surface area contributed by atoms with Crippen molar-refractivity contribution in [1.82, 2.24) is 10.3 Å². The smallest absolute Gasteiger partial charge is 0.123 e. The van der Waals surface area contributed by atoms with Crippen LogP contribution in [-0.2, 0) is 6.54 Å². The number of nitrogens with zero attached hydrogens (tertiary/aromatic N) is 1. The summed E-state index contributed by atoms with van der Waals surface area (Å²) in [4.78, 5) is 4.27. The van der Waals surface area contributed by atoms with Gasteiger partial charge in [0.15, 0.2) is 0 Å². The first-order chi connectivity index (χ1) is 9.06. The number of benzene rings is 1. The quantitative estimate of drug-likeness (QED) is 0.904. The normalized spacial score (nSPS) is 11.0.